The van der Waals surface area contributed by atoms with Gasteiger partial charge in [-0.3, -0.25) is 19.3 Å². The number of amides is 2. The first kappa shape index (κ1) is 12.6. The van der Waals surface area contributed by atoms with Gasteiger partial charge in [-0.15, -0.1) is 0 Å². The summed E-state index contributed by atoms with van der Waals surface area (Å²) < 4.78 is 0. The Kier molecular flexibility index (Phi) is 3.32. The first-order valence-corrected chi connectivity index (χ1v) is 5.04. The van der Waals surface area contributed by atoms with Crippen molar-refractivity contribution < 1.29 is 19.5 Å². The summed E-state index contributed by atoms with van der Waals surface area (Å²) >= 11 is 0. The standard InChI is InChI=1S/C10H16N2O4/c1-10(2)4-7(13)12(5-10)9(16)6(11)3-8(14)15/h6H,3-5,11H2,1-2H3,(H,14,15)/t6-/m0/s1. The minimum absolute atomic E-state index is 0.254. The number of nitrogens with two attached hydrogens (primary N) is 1. The summed E-state index contributed by atoms with van der Waals surface area (Å²) in [6.45, 7) is 4.06. The average molecular weight is 228 g/mol. The van der Waals surface area contributed by atoms with E-state index in [2.05, 4.69) is 0 Å². The largest absolute Gasteiger partial charge is 0.481 e. The molecule has 2 amide bonds. The van der Waals surface area contributed by atoms with E-state index in [1.54, 1.807) is 0 Å². The summed E-state index contributed by atoms with van der Waals surface area (Å²) in [4.78, 5) is 34.7. The number of rotatable bonds is 3. The number of carboxylic acid groups (broad SMARTS) is 1. The highest BCUT2D eigenvalue weighted by Crippen LogP contribution is 2.30. The third kappa shape index (κ3) is 2.79. The zero-order chi connectivity index (χ0) is 12.5. The number of carbonyl (C=O) groups is 3. The van der Waals surface area contributed by atoms with E-state index in [1.165, 1.54) is 0 Å². The van der Waals surface area contributed by atoms with E-state index < -0.39 is 24.3 Å². The van der Waals surface area contributed by atoms with E-state index in [4.69, 9.17) is 10.8 Å². The number of likely N-dealkylation sites (tertiary alicyclic amines) is 1. The van der Waals surface area contributed by atoms with Crippen molar-refractivity contribution in [3.8, 4) is 0 Å². The lowest BCUT2D eigenvalue weighted by atomic mass is 9.93. The van der Waals surface area contributed by atoms with Crippen LogP contribution in [-0.4, -0.2) is 40.4 Å². The zero-order valence-electron chi connectivity index (χ0n) is 9.40. The van der Waals surface area contributed by atoms with Crippen molar-refractivity contribution in [1.29, 1.82) is 0 Å². The Balaban J connectivity index is 2.68. The van der Waals surface area contributed by atoms with Gasteiger partial charge in [0.1, 0.15) is 0 Å². The topological polar surface area (TPSA) is 101 Å². The number of hydrogen-bond donors (Lipinski definition) is 2. The molecule has 1 saturated heterocycles. The predicted molar refractivity (Wildman–Crippen MR) is 55.3 cm³/mol. The highest BCUT2D eigenvalue weighted by Gasteiger charge is 2.40. The molecule has 1 aliphatic heterocycles. The molecule has 0 radical (unpaired) electrons. The molecule has 0 aromatic heterocycles. The Morgan fingerprint density at radius 1 is 1.56 bits per heavy atom. The summed E-state index contributed by atoms with van der Waals surface area (Å²) in [6.07, 6.45) is -0.165. The van der Waals surface area contributed by atoms with Gasteiger partial charge >= 0.3 is 5.97 Å². The molecule has 0 aromatic carbocycles. The molecule has 0 saturated carbocycles. The molecular formula is C10H16N2O4. The van der Waals surface area contributed by atoms with Crippen molar-refractivity contribution in [1.82, 2.24) is 4.90 Å². The minimum Gasteiger partial charge on any atom is -0.481 e. The Hall–Kier alpha value is -1.43. The molecule has 0 aromatic rings. The molecule has 1 atom stereocenters. The van der Waals surface area contributed by atoms with Crippen molar-refractivity contribution in [2.75, 3.05) is 6.54 Å². The number of carboxylic acids is 1. The summed E-state index contributed by atoms with van der Waals surface area (Å²) in [5.41, 5.74) is 5.17. The molecule has 0 aliphatic carbocycles. The molecule has 1 aliphatic rings. The molecule has 6 heteroatoms. The summed E-state index contributed by atoms with van der Waals surface area (Å²) in [6, 6.07) is -1.14. The third-order valence-electron chi connectivity index (χ3n) is 2.49. The van der Waals surface area contributed by atoms with Gasteiger partial charge in [-0.25, -0.2) is 0 Å². The molecule has 3 N–H and O–H groups in total. The minimum atomic E-state index is -1.15. The maximum atomic E-state index is 11.7. The number of nitrogens with zero attached hydrogens (tertiary/aromatic N) is 1. The number of carbonyl (C=O) groups excluding carboxylic acids is 2. The van der Waals surface area contributed by atoms with Gasteiger partial charge in [0.05, 0.1) is 12.5 Å². The summed E-state index contributed by atoms with van der Waals surface area (Å²) in [7, 11) is 0. The van der Waals surface area contributed by atoms with Gasteiger partial charge in [-0.05, 0) is 5.41 Å². The van der Waals surface area contributed by atoms with Gasteiger partial charge in [0.15, 0.2) is 0 Å². The van der Waals surface area contributed by atoms with E-state index in [0.717, 1.165) is 4.90 Å². The van der Waals surface area contributed by atoms with Crippen LogP contribution in [0, 0.1) is 5.41 Å². The molecule has 6 nitrogen and oxygen atoms in total. The summed E-state index contributed by atoms with van der Waals surface area (Å²) in [5.74, 6) is -2.03. The van der Waals surface area contributed by atoms with Crippen LogP contribution in [0.15, 0.2) is 0 Å². The van der Waals surface area contributed by atoms with Crippen molar-refractivity contribution in [2.24, 2.45) is 11.1 Å². The van der Waals surface area contributed by atoms with Crippen molar-refractivity contribution in [3.05, 3.63) is 0 Å². The maximum Gasteiger partial charge on any atom is 0.305 e. The van der Waals surface area contributed by atoms with Crippen molar-refractivity contribution in [2.45, 2.75) is 32.7 Å². The van der Waals surface area contributed by atoms with E-state index in [1.807, 2.05) is 13.8 Å². The average Bonchev–Trinajstić information content (AvgIpc) is 2.37. The van der Waals surface area contributed by atoms with Gasteiger partial charge in [-0.2, -0.15) is 0 Å². The monoisotopic (exact) mass is 228 g/mol. The highest BCUT2D eigenvalue weighted by atomic mass is 16.4. The first-order chi connectivity index (χ1) is 7.23. The molecule has 1 fully saturated rings. The van der Waals surface area contributed by atoms with Crippen LogP contribution in [0.3, 0.4) is 0 Å². The predicted octanol–water partition coefficient (Wildman–Crippen LogP) is -0.426. The van der Waals surface area contributed by atoms with Crippen LogP contribution in [-0.2, 0) is 14.4 Å². The Bertz CT molecular complexity index is 338. The lowest BCUT2D eigenvalue weighted by Crippen LogP contribution is -2.45. The molecule has 1 heterocycles. The Morgan fingerprint density at radius 3 is 2.50 bits per heavy atom. The summed E-state index contributed by atoms with van der Waals surface area (Å²) in [5, 5.41) is 8.51. The second kappa shape index (κ2) is 4.21. The fourth-order valence-corrected chi connectivity index (χ4v) is 1.75. The van der Waals surface area contributed by atoms with Crippen molar-refractivity contribution >= 4 is 17.8 Å². The molecule has 16 heavy (non-hydrogen) atoms. The first-order valence-electron chi connectivity index (χ1n) is 5.04. The van der Waals surface area contributed by atoms with Crippen LogP contribution in [0.1, 0.15) is 26.7 Å². The van der Waals surface area contributed by atoms with Gasteiger partial charge in [-0.1, -0.05) is 13.8 Å². The van der Waals surface area contributed by atoms with E-state index in [0.29, 0.717) is 13.0 Å². The molecule has 1 rings (SSSR count). The van der Waals surface area contributed by atoms with E-state index in [9.17, 15) is 14.4 Å². The lowest BCUT2D eigenvalue weighted by Gasteiger charge is -2.20. The van der Waals surface area contributed by atoms with E-state index >= 15 is 0 Å². The fourth-order valence-electron chi connectivity index (χ4n) is 1.75. The lowest BCUT2D eigenvalue weighted by molar-refractivity contribution is -0.146. The SMILES string of the molecule is CC1(C)CC(=O)N(C(=O)[C@@H](N)CC(=O)O)C1. The molecular weight excluding hydrogens is 212 g/mol. The third-order valence-corrected chi connectivity index (χ3v) is 2.49. The maximum absolute atomic E-state index is 11.7. The molecule has 0 bridgehead atoms. The van der Waals surface area contributed by atoms with Crippen LogP contribution in [0.5, 0.6) is 0 Å². The van der Waals surface area contributed by atoms with Gasteiger partial charge in [0.25, 0.3) is 0 Å². The van der Waals surface area contributed by atoms with Crippen molar-refractivity contribution in [3.63, 3.8) is 0 Å². The van der Waals surface area contributed by atoms with E-state index in [-0.39, 0.29) is 11.3 Å². The van der Waals surface area contributed by atoms with Crippen LogP contribution >= 0.6 is 0 Å². The number of hydrogen-bond acceptors (Lipinski definition) is 4. The number of aliphatic carboxylic acids is 1. The Morgan fingerprint density at radius 2 is 2.12 bits per heavy atom. The van der Waals surface area contributed by atoms with Gasteiger partial charge in [0, 0.05) is 13.0 Å². The fraction of sp³-hybridized carbons (Fsp3) is 0.700. The highest BCUT2D eigenvalue weighted by molar-refractivity contribution is 6.00. The Labute approximate surface area is 93.4 Å². The van der Waals surface area contributed by atoms with Gasteiger partial charge in [0.2, 0.25) is 11.8 Å². The smallest absolute Gasteiger partial charge is 0.305 e. The van der Waals surface area contributed by atoms with Crippen LogP contribution in [0.25, 0.3) is 0 Å². The second-order valence-corrected chi connectivity index (χ2v) is 4.86. The van der Waals surface area contributed by atoms with Gasteiger partial charge < -0.3 is 10.8 Å². The molecule has 0 spiro atoms. The second-order valence-electron chi connectivity index (χ2n) is 4.86. The van der Waals surface area contributed by atoms with Crippen LogP contribution in [0.4, 0.5) is 0 Å². The normalized spacial score (nSPS) is 20.9. The molecule has 0 unspecified atom stereocenters. The number of imide groups is 1. The zero-order valence-corrected chi connectivity index (χ0v) is 9.40. The van der Waals surface area contributed by atoms with Crippen LogP contribution in [0.2, 0.25) is 0 Å². The molecule has 90 valence electrons. The van der Waals surface area contributed by atoms with Crippen LogP contribution < -0.4 is 5.73 Å². The quantitative estimate of drug-likeness (QED) is 0.682.